The number of nitrogens with one attached hydrogen (secondary N) is 1. The minimum Gasteiger partial charge on any atom is -0.352 e. The highest BCUT2D eigenvalue weighted by Gasteiger charge is 2.40. The first kappa shape index (κ1) is 15.6. The van der Waals surface area contributed by atoms with Crippen molar-refractivity contribution in [2.75, 3.05) is 13.1 Å². The van der Waals surface area contributed by atoms with E-state index in [1.807, 2.05) is 0 Å². The third-order valence-electron chi connectivity index (χ3n) is 4.02. The molecule has 1 aliphatic heterocycles. The second-order valence-electron chi connectivity index (χ2n) is 6.47. The summed E-state index contributed by atoms with van der Waals surface area (Å²) in [5.74, 6) is -0.604. The molecule has 0 aromatic heterocycles. The fraction of sp³-hybridized carbons (Fsp3) is 0.929. The van der Waals surface area contributed by atoms with Gasteiger partial charge in [0.15, 0.2) is 0 Å². The Morgan fingerprint density at radius 3 is 2.45 bits per heavy atom. The molecule has 0 radical (unpaired) electrons. The van der Waals surface area contributed by atoms with Crippen LogP contribution in [0.2, 0.25) is 0 Å². The number of amides is 1. The summed E-state index contributed by atoms with van der Waals surface area (Å²) in [5, 5.41) is 2.90. The van der Waals surface area contributed by atoms with Gasteiger partial charge in [-0.2, -0.15) is 13.2 Å². The first-order chi connectivity index (χ1) is 9.24. The molecule has 2 unspecified atom stereocenters. The zero-order valence-electron chi connectivity index (χ0n) is 12.0. The monoisotopic (exact) mass is 292 g/mol. The van der Waals surface area contributed by atoms with Gasteiger partial charge in [0.25, 0.3) is 0 Å². The standard InChI is InChI=1S/C14H23F3N2O/c1-9(2)13(20)18-11-5-10(6-14(15,16)17)7-19(8-11)12-3-4-12/h9-12H,3-8H2,1-2H3,(H,18,20). The van der Waals surface area contributed by atoms with E-state index in [-0.39, 0.29) is 17.9 Å². The van der Waals surface area contributed by atoms with E-state index in [2.05, 4.69) is 10.2 Å². The van der Waals surface area contributed by atoms with Crippen molar-refractivity contribution < 1.29 is 18.0 Å². The Morgan fingerprint density at radius 2 is 1.95 bits per heavy atom. The third-order valence-corrected chi connectivity index (χ3v) is 4.02. The molecule has 0 aromatic rings. The van der Waals surface area contributed by atoms with Gasteiger partial charge in [-0.05, 0) is 25.2 Å². The number of rotatable bonds is 4. The summed E-state index contributed by atoms with van der Waals surface area (Å²) in [5.41, 5.74) is 0. The molecule has 2 fully saturated rings. The van der Waals surface area contributed by atoms with Crippen LogP contribution in [0.5, 0.6) is 0 Å². The molecule has 2 rings (SSSR count). The lowest BCUT2D eigenvalue weighted by atomic mass is 9.90. The minimum absolute atomic E-state index is 0.0709. The van der Waals surface area contributed by atoms with Gasteiger partial charge in [-0.3, -0.25) is 9.69 Å². The molecule has 116 valence electrons. The molecule has 1 amide bonds. The Kier molecular flexibility index (Phi) is 4.62. The third kappa shape index (κ3) is 4.65. The molecule has 1 N–H and O–H groups in total. The van der Waals surface area contributed by atoms with Crippen LogP contribution in [0, 0.1) is 11.8 Å². The molecule has 2 atom stereocenters. The van der Waals surface area contributed by atoms with Crippen LogP contribution in [0.1, 0.15) is 39.5 Å². The predicted octanol–water partition coefficient (Wildman–Crippen LogP) is 2.56. The minimum atomic E-state index is -4.12. The molecule has 0 aromatic carbocycles. The number of carbonyl (C=O) groups excluding carboxylic acids is 1. The Balaban J connectivity index is 1.95. The highest BCUT2D eigenvalue weighted by atomic mass is 19.4. The van der Waals surface area contributed by atoms with E-state index in [4.69, 9.17) is 0 Å². The molecular weight excluding hydrogens is 269 g/mol. The van der Waals surface area contributed by atoms with Gasteiger partial charge in [0.1, 0.15) is 0 Å². The maximum absolute atomic E-state index is 12.6. The van der Waals surface area contributed by atoms with Gasteiger partial charge in [-0.15, -0.1) is 0 Å². The van der Waals surface area contributed by atoms with Crippen LogP contribution in [0.15, 0.2) is 0 Å². The van der Waals surface area contributed by atoms with E-state index >= 15 is 0 Å². The number of nitrogens with zero attached hydrogens (tertiary/aromatic N) is 1. The fourth-order valence-electron chi connectivity index (χ4n) is 2.93. The zero-order valence-corrected chi connectivity index (χ0v) is 12.0. The number of alkyl halides is 3. The maximum atomic E-state index is 12.6. The van der Waals surface area contributed by atoms with Gasteiger partial charge < -0.3 is 5.32 Å². The normalized spacial score (nSPS) is 28.7. The lowest BCUT2D eigenvalue weighted by Crippen LogP contribution is -2.52. The molecule has 0 spiro atoms. The van der Waals surface area contributed by atoms with Crippen LogP contribution in [-0.4, -0.2) is 42.2 Å². The van der Waals surface area contributed by atoms with E-state index in [1.165, 1.54) is 0 Å². The molecule has 1 saturated carbocycles. The Labute approximate surface area is 117 Å². The number of hydrogen-bond donors (Lipinski definition) is 1. The Hall–Kier alpha value is -0.780. The highest BCUT2D eigenvalue weighted by molar-refractivity contribution is 5.78. The highest BCUT2D eigenvalue weighted by Crippen LogP contribution is 2.35. The van der Waals surface area contributed by atoms with Crippen molar-refractivity contribution in [1.82, 2.24) is 10.2 Å². The summed E-state index contributed by atoms with van der Waals surface area (Å²) in [6.45, 7) is 4.80. The maximum Gasteiger partial charge on any atom is 0.389 e. The summed E-state index contributed by atoms with van der Waals surface area (Å²) in [7, 11) is 0. The van der Waals surface area contributed by atoms with Crippen LogP contribution in [0.25, 0.3) is 0 Å². The summed E-state index contributed by atoms with van der Waals surface area (Å²) in [6.07, 6.45) is -2.29. The van der Waals surface area contributed by atoms with Crippen molar-refractivity contribution in [3.05, 3.63) is 0 Å². The largest absolute Gasteiger partial charge is 0.389 e. The van der Waals surface area contributed by atoms with Crippen molar-refractivity contribution in [3.63, 3.8) is 0 Å². The van der Waals surface area contributed by atoms with Crippen molar-refractivity contribution in [3.8, 4) is 0 Å². The fourth-order valence-corrected chi connectivity index (χ4v) is 2.93. The molecule has 1 aliphatic carbocycles. The molecule has 6 heteroatoms. The SMILES string of the molecule is CC(C)C(=O)NC1CC(CC(F)(F)F)CN(C2CC2)C1. The second kappa shape index (κ2) is 5.92. The van der Waals surface area contributed by atoms with Crippen molar-refractivity contribution in [2.24, 2.45) is 11.8 Å². The second-order valence-corrected chi connectivity index (χ2v) is 6.47. The molecule has 3 nitrogen and oxygen atoms in total. The molecule has 0 bridgehead atoms. The van der Waals surface area contributed by atoms with Gasteiger partial charge >= 0.3 is 6.18 Å². The van der Waals surface area contributed by atoms with Crippen LogP contribution in [-0.2, 0) is 4.79 Å². The van der Waals surface area contributed by atoms with Gasteiger partial charge in [0.2, 0.25) is 5.91 Å². The number of carbonyl (C=O) groups is 1. The van der Waals surface area contributed by atoms with Crippen LogP contribution >= 0.6 is 0 Å². The van der Waals surface area contributed by atoms with E-state index in [0.29, 0.717) is 25.6 Å². The zero-order chi connectivity index (χ0) is 14.9. The van der Waals surface area contributed by atoms with Crippen molar-refractivity contribution in [1.29, 1.82) is 0 Å². The van der Waals surface area contributed by atoms with Gasteiger partial charge in [-0.25, -0.2) is 0 Å². The average Bonchev–Trinajstić information content (AvgIpc) is 3.09. The molecule has 1 heterocycles. The molecule has 1 saturated heterocycles. The Morgan fingerprint density at radius 1 is 1.30 bits per heavy atom. The average molecular weight is 292 g/mol. The van der Waals surface area contributed by atoms with E-state index < -0.39 is 18.5 Å². The molecule has 20 heavy (non-hydrogen) atoms. The lowest BCUT2D eigenvalue weighted by Gasteiger charge is -2.38. The van der Waals surface area contributed by atoms with E-state index in [9.17, 15) is 18.0 Å². The Bertz CT molecular complexity index is 353. The van der Waals surface area contributed by atoms with E-state index in [0.717, 1.165) is 12.8 Å². The van der Waals surface area contributed by atoms with Crippen molar-refractivity contribution >= 4 is 5.91 Å². The van der Waals surface area contributed by atoms with Crippen LogP contribution in [0.3, 0.4) is 0 Å². The van der Waals surface area contributed by atoms with Crippen LogP contribution < -0.4 is 5.32 Å². The summed E-state index contributed by atoms with van der Waals surface area (Å²) >= 11 is 0. The summed E-state index contributed by atoms with van der Waals surface area (Å²) in [6, 6.07) is 0.288. The number of halogens is 3. The summed E-state index contributed by atoms with van der Waals surface area (Å²) in [4.78, 5) is 13.9. The molecular formula is C14H23F3N2O. The van der Waals surface area contributed by atoms with E-state index in [1.54, 1.807) is 13.8 Å². The van der Waals surface area contributed by atoms with Crippen LogP contribution in [0.4, 0.5) is 13.2 Å². The number of likely N-dealkylation sites (tertiary alicyclic amines) is 1. The number of hydrogen-bond acceptors (Lipinski definition) is 2. The lowest BCUT2D eigenvalue weighted by molar-refractivity contribution is -0.149. The van der Waals surface area contributed by atoms with Gasteiger partial charge in [0, 0.05) is 37.5 Å². The van der Waals surface area contributed by atoms with Crippen molar-refractivity contribution in [2.45, 2.75) is 57.8 Å². The topological polar surface area (TPSA) is 32.3 Å². The summed E-state index contributed by atoms with van der Waals surface area (Å²) < 4.78 is 37.8. The smallest absolute Gasteiger partial charge is 0.352 e. The predicted molar refractivity (Wildman–Crippen MR) is 70.1 cm³/mol. The number of piperidine rings is 1. The van der Waals surface area contributed by atoms with Gasteiger partial charge in [-0.1, -0.05) is 13.8 Å². The first-order valence-electron chi connectivity index (χ1n) is 7.36. The molecule has 2 aliphatic rings. The quantitative estimate of drug-likeness (QED) is 0.863. The first-order valence-corrected chi connectivity index (χ1v) is 7.36. The van der Waals surface area contributed by atoms with Gasteiger partial charge in [0.05, 0.1) is 0 Å².